The smallest absolute Gasteiger partial charge is 0.212 e. The van der Waals surface area contributed by atoms with Crippen molar-refractivity contribution in [3.8, 4) is 11.5 Å². The summed E-state index contributed by atoms with van der Waals surface area (Å²) in [6, 6.07) is 36.1. The Morgan fingerprint density at radius 2 is 1.63 bits per heavy atom. The first-order chi connectivity index (χ1) is 22.6. The molecule has 3 aliphatic rings. The van der Waals surface area contributed by atoms with Crippen molar-refractivity contribution in [1.82, 2.24) is 0 Å². The molecule has 0 fully saturated rings. The van der Waals surface area contributed by atoms with Gasteiger partial charge in [0.25, 0.3) is 0 Å². The Labute approximate surface area is 271 Å². The SMILES string of the molecule is C=Cc1ccc2cc(OOC[C@@](C)(c3ccccc3)C3Oc4ccc5c(c4[C@H]4c6ccccc6CC[C@H]4O3)CCCC5)ccc2c1. The molecule has 0 saturated carbocycles. The highest BCUT2D eigenvalue weighted by Crippen LogP contribution is 2.50. The van der Waals surface area contributed by atoms with Crippen molar-refractivity contribution < 1.29 is 19.2 Å². The maximum absolute atomic E-state index is 7.18. The van der Waals surface area contributed by atoms with Gasteiger partial charge in [0, 0.05) is 11.5 Å². The summed E-state index contributed by atoms with van der Waals surface area (Å²) in [6.45, 7) is 6.30. The third-order valence-corrected chi connectivity index (χ3v) is 10.4. The number of hydrogen-bond donors (Lipinski definition) is 0. The lowest BCUT2D eigenvalue weighted by Gasteiger charge is -2.39. The van der Waals surface area contributed by atoms with Gasteiger partial charge in [-0.05, 0) is 114 Å². The van der Waals surface area contributed by atoms with Crippen molar-refractivity contribution in [2.45, 2.75) is 69.2 Å². The number of rotatable bonds is 7. The first kappa shape index (κ1) is 29.1. The van der Waals surface area contributed by atoms with E-state index in [1.165, 1.54) is 40.7 Å². The molecule has 4 atom stereocenters. The van der Waals surface area contributed by atoms with Gasteiger partial charge in [-0.2, -0.15) is 4.89 Å². The summed E-state index contributed by atoms with van der Waals surface area (Å²) in [5, 5.41) is 2.21. The van der Waals surface area contributed by atoms with Crippen LogP contribution in [0.3, 0.4) is 0 Å². The first-order valence-electron chi connectivity index (χ1n) is 16.7. The molecule has 4 nitrogen and oxygen atoms in total. The molecule has 1 heterocycles. The highest BCUT2D eigenvalue weighted by atomic mass is 17.2. The van der Waals surface area contributed by atoms with Gasteiger partial charge in [-0.25, -0.2) is 0 Å². The van der Waals surface area contributed by atoms with E-state index < -0.39 is 11.7 Å². The van der Waals surface area contributed by atoms with Crippen LogP contribution in [-0.4, -0.2) is 19.0 Å². The van der Waals surface area contributed by atoms with Gasteiger partial charge in [-0.3, -0.25) is 0 Å². The summed E-state index contributed by atoms with van der Waals surface area (Å²) in [6.07, 6.45) is 7.86. The zero-order chi connectivity index (χ0) is 31.1. The number of aryl methyl sites for hydroxylation is 2. The number of ether oxygens (including phenoxy) is 2. The van der Waals surface area contributed by atoms with Crippen LogP contribution in [0, 0.1) is 0 Å². The van der Waals surface area contributed by atoms with Crippen LogP contribution in [0.5, 0.6) is 11.5 Å². The Morgan fingerprint density at radius 1 is 0.826 bits per heavy atom. The molecule has 232 valence electrons. The Hall–Kier alpha value is -4.38. The minimum Gasteiger partial charge on any atom is -0.464 e. The summed E-state index contributed by atoms with van der Waals surface area (Å²) in [7, 11) is 0. The monoisotopic (exact) mass is 608 g/mol. The van der Waals surface area contributed by atoms with Gasteiger partial charge >= 0.3 is 0 Å². The summed E-state index contributed by atoms with van der Waals surface area (Å²) in [4.78, 5) is 12.1. The van der Waals surface area contributed by atoms with Crippen LogP contribution in [0.25, 0.3) is 16.8 Å². The number of benzene rings is 5. The second-order valence-corrected chi connectivity index (χ2v) is 13.3. The molecule has 0 bridgehead atoms. The van der Waals surface area contributed by atoms with Gasteiger partial charge in [0.05, 0.1) is 11.5 Å². The molecule has 8 rings (SSSR count). The van der Waals surface area contributed by atoms with Crippen molar-refractivity contribution in [1.29, 1.82) is 0 Å². The number of hydrogen-bond acceptors (Lipinski definition) is 4. The highest BCUT2D eigenvalue weighted by Gasteiger charge is 2.47. The van der Waals surface area contributed by atoms with Gasteiger partial charge in [-0.15, -0.1) is 0 Å². The predicted molar refractivity (Wildman–Crippen MR) is 183 cm³/mol. The van der Waals surface area contributed by atoms with E-state index in [9.17, 15) is 0 Å². The molecule has 1 unspecified atom stereocenters. The third-order valence-electron chi connectivity index (χ3n) is 10.4. The number of fused-ring (bicyclic) bond motifs is 8. The molecule has 0 amide bonds. The molecule has 0 radical (unpaired) electrons. The lowest BCUT2D eigenvalue weighted by molar-refractivity contribution is -0.247. The maximum Gasteiger partial charge on any atom is 0.212 e. The summed E-state index contributed by atoms with van der Waals surface area (Å²) in [5.74, 6) is 1.72. The normalized spacial score (nSPS) is 21.4. The van der Waals surface area contributed by atoms with Gasteiger partial charge in [0.1, 0.15) is 12.4 Å². The van der Waals surface area contributed by atoms with Crippen LogP contribution < -0.4 is 9.62 Å². The average molecular weight is 609 g/mol. The zero-order valence-corrected chi connectivity index (χ0v) is 26.4. The van der Waals surface area contributed by atoms with Crippen LogP contribution in [0.1, 0.15) is 71.0 Å². The summed E-state index contributed by atoms with van der Waals surface area (Å²) >= 11 is 0. The predicted octanol–water partition coefficient (Wildman–Crippen LogP) is 9.51. The van der Waals surface area contributed by atoms with E-state index in [1.807, 2.05) is 30.3 Å². The molecule has 0 aromatic heterocycles. The Balaban J connectivity index is 1.15. The van der Waals surface area contributed by atoms with Gasteiger partial charge in [-0.1, -0.05) is 91.5 Å². The Morgan fingerprint density at radius 3 is 2.52 bits per heavy atom. The fraction of sp³-hybridized carbons (Fsp3) is 0.286. The van der Waals surface area contributed by atoms with Crippen molar-refractivity contribution >= 4 is 16.8 Å². The maximum atomic E-state index is 7.18. The fourth-order valence-electron chi connectivity index (χ4n) is 7.83. The molecule has 0 spiro atoms. The molecule has 4 heteroatoms. The average Bonchev–Trinajstić information content (AvgIpc) is 3.29. The van der Waals surface area contributed by atoms with Gasteiger partial charge < -0.3 is 14.4 Å². The van der Waals surface area contributed by atoms with Crippen LogP contribution in [0.15, 0.2) is 110 Å². The Bertz CT molecular complexity index is 1900. The van der Waals surface area contributed by atoms with Crippen LogP contribution >= 0.6 is 0 Å². The largest absolute Gasteiger partial charge is 0.464 e. The summed E-state index contributed by atoms with van der Waals surface area (Å²) < 4.78 is 14.2. The highest BCUT2D eigenvalue weighted by molar-refractivity contribution is 5.85. The quantitative estimate of drug-likeness (QED) is 0.136. The molecule has 5 aromatic rings. The van der Waals surface area contributed by atoms with Gasteiger partial charge in [0.2, 0.25) is 6.29 Å². The topological polar surface area (TPSA) is 36.9 Å². The molecule has 1 aliphatic heterocycles. The summed E-state index contributed by atoms with van der Waals surface area (Å²) in [5.41, 5.74) is 8.56. The molecule has 0 N–H and O–H groups in total. The van der Waals surface area contributed by atoms with Crippen molar-refractivity contribution in [3.63, 3.8) is 0 Å². The third kappa shape index (κ3) is 5.20. The van der Waals surface area contributed by atoms with E-state index in [0.717, 1.165) is 53.3 Å². The second kappa shape index (κ2) is 12.1. The van der Waals surface area contributed by atoms with E-state index in [0.29, 0.717) is 5.75 Å². The van der Waals surface area contributed by atoms with E-state index >= 15 is 0 Å². The van der Waals surface area contributed by atoms with E-state index in [1.54, 1.807) is 0 Å². The fourth-order valence-corrected chi connectivity index (χ4v) is 7.83. The molecular formula is C42H40O4. The van der Waals surface area contributed by atoms with Crippen LogP contribution in [0.2, 0.25) is 0 Å². The Kier molecular flexibility index (Phi) is 7.64. The van der Waals surface area contributed by atoms with E-state index in [-0.39, 0.29) is 18.6 Å². The van der Waals surface area contributed by atoms with Crippen molar-refractivity contribution in [2.24, 2.45) is 0 Å². The first-order valence-corrected chi connectivity index (χ1v) is 16.7. The van der Waals surface area contributed by atoms with E-state index in [2.05, 4.69) is 92.4 Å². The molecular weight excluding hydrogens is 568 g/mol. The zero-order valence-electron chi connectivity index (χ0n) is 26.4. The van der Waals surface area contributed by atoms with Crippen LogP contribution in [0.4, 0.5) is 0 Å². The van der Waals surface area contributed by atoms with Crippen molar-refractivity contribution in [2.75, 3.05) is 6.61 Å². The lowest BCUT2D eigenvalue weighted by atomic mass is 9.73. The van der Waals surface area contributed by atoms with E-state index in [4.69, 9.17) is 19.2 Å². The van der Waals surface area contributed by atoms with Crippen LogP contribution in [-0.2, 0) is 34.3 Å². The van der Waals surface area contributed by atoms with Gasteiger partial charge in [0.15, 0.2) is 5.75 Å². The minimum atomic E-state index is -0.671. The van der Waals surface area contributed by atoms with Crippen molar-refractivity contribution in [3.05, 3.63) is 149 Å². The molecule has 46 heavy (non-hydrogen) atoms. The lowest BCUT2D eigenvalue weighted by Crippen LogP contribution is -2.48. The molecule has 2 aliphatic carbocycles. The molecule has 0 saturated heterocycles. The molecule has 5 aromatic carbocycles. The second-order valence-electron chi connectivity index (χ2n) is 13.3. The minimum absolute atomic E-state index is 0.0144. The standard InChI is InChI=1S/C42H40O4/c1-3-28-17-18-32-26-34(22-19-31(32)25-28)46-43-27-42(2,33-13-5-4-6-14-33)41-44-37-23-20-29-11-7-9-15-35(29)39(37)40-36-16-10-8-12-30(36)21-24-38(40)45-41/h3-7,9,11,13-15,17-19,21-22,24-26,37,39,41H,1,8,10,12,16,20,23,27H2,2H3/t37-,39+,41?,42+/m1/s1.